The Labute approximate surface area is 158 Å². The van der Waals surface area contributed by atoms with Gasteiger partial charge in [0.15, 0.2) is 6.10 Å². The van der Waals surface area contributed by atoms with Crippen LogP contribution in [-0.4, -0.2) is 60.0 Å². The second-order valence-corrected chi connectivity index (χ2v) is 6.28. The Kier molecular flexibility index (Phi) is 6.56. The topological polar surface area (TPSA) is 96.8 Å². The number of carbonyl (C=O) groups is 1. The summed E-state index contributed by atoms with van der Waals surface area (Å²) in [5.74, 6) is 0.950. The van der Waals surface area contributed by atoms with Crippen LogP contribution in [0.1, 0.15) is 11.3 Å². The number of para-hydroxylation sites is 1. The number of hydrogen-bond acceptors (Lipinski definition) is 7. The predicted molar refractivity (Wildman–Crippen MR) is 99.6 cm³/mol. The lowest BCUT2D eigenvalue weighted by Gasteiger charge is -2.27. The molecular formula is C19H24N4O4. The number of aromatic nitrogens is 2. The average molecular weight is 372 g/mol. The molecule has 0 aliphatic carbocycles. The number of hydrogen-bond donors (Lipinski definition) is 2. The molecule has 27 heavy (non-hydrogen) atoms. The van der Waals surface area contributed by atoms with E-state index in [1.807, 2.05) is 31.2 Å². The number of aliphatic hydroxyl groups is 1. The summed E-state index contributed by atoms with van der Waals surface area (Å²) in [5, 5.41) is 12.7. The largest absolute Gasteiger partial charge is 0.490 e. The maximum absolute atomic E-state index is 12.1. The van der Waals surface area contributed by atoms with Gasteiger partial charge in [-0.15, -0.1) is 0 Å². The first kappa shape index (κ1) is 19.1. The lowest BCUT2D eigenvalue weighted by Crippen LogP contribution is -2.38. The summed E-state index contributed by atoms with van der Waals surface area (Å²) in [7, 11) is 0. The second kappa shape index (κ2) is 9.29. The zero-order valence-electron chi connectivity index (χ0n) is 15.3. The van der Waals surface area contributed by atoms with E-state index in [0.29, 0.717) is 24.7 Å². The summed E-state index contributed by atoms with van der Waals surface area (Å²) in [4.78, 5) is 22.7. The van der Waals surface area contributed by atoms with Crippen LogP contribution in [0, 0.1) is 6.92 Å². The first-order valence-electron chi connectivity index (χ1n) is 8.91. The number of aliphatic hydroxyl groups excluding tert-OH is 1. The van der Waals surface area contributed by atoms with Gasteiger partial charge in [-0.3, -0.25) is 4.79 Å². The van der Waals surface area contributed by atoms with Gasteiger partial charge in [0.25, 0.3) is 5.91 Å². The molecule has 1 aromatic carbocycles. The maximum atomic E-state index is 12.1. The molecule has 1 saturated heterocycles. The van der Waals surface area contributed by atoms with Gasteiger partial charge in [0.1, 0.15) is 24.5 Å². The fourth-order valence-electron chi connectivity index (χ4n) is 2.71. The Morgan fingerprint density at radius 1 is 1.33 bits per heavy atom. The molecule has 3 rings (SSSR count). The van der Waals surface area contributed by atoms with Gasteiger partial charge in [-0.2, -0.15) is 0 Å². The molecular weight excluding hydrogens is 348 g/mol. The normalized spacial score (nSPS) is 15.3. The van der Waals surface area contributed by atoms with Crippen molar-refractivity contribution in [1.29, 1.82) is 0 Å². The van der Waals surface area contributed by atoms with Gasteiger partial charge >= 0.3 is 0 Å². The van der Waals surface area contributed by atoms with E-state index < -0.39 is 12.0 Å². The van der Waals surface area contributed by atoms with Crippen molar-refractivity contribution in [3.05, 3.63) is 47.9 Å². The quantitative estimate of drug-likeness (QED) is 0.738. The number of rotatable bonds is 7. The van der Waals surface area contributed by atoms with Crippen LogP contribution in [0.4, 0.5) is 5.82 Å². The molecule has 2 heterocycles. The molecule has 0 saturated carbocycles. The van der Waals surface area contributed by atoms with E-state index in [0.717, 1.165) is 24.5 Å². The van der Waals surface area contributed by atoms with Gasteiger partial charge in [0.2, 0.25) is 0 Å². The smallest absolute Gasteiger partial charge is 0.252 e. The SMILES string of the molecule is Cc1ccccc1OCC(O)C(=O)NCc1cc(N2CCOCC2)ncn1. The van der Waals surface area contributed by atoms with E-state index in [-0.39, 0.29) is 13.2 Å². The molecule has 1 amide bonds. The predicted octanol–water partition coefficient (Wildman–Crippen LogP) is 0.678. The molecule has 1 aromatic heterocycles. The molecule has 0 bridgehead atoms. The monoisotopic (exact) mass is 372 g/mol. The van der Waals surface area contributed by atoms with Crippen molar-refractivity contribution in [3.8, 4) is 5.75 Å². The van der Waals surface area contributed by atoms with E-state index in [4.69, 9.17) is 9.47 Å². The molecule has 8 heteroatoms. The number of ether oxygens (including phenoxy) is 2. The average Bonchev–Trinajstić information content (AvgIpc) is 2.72. The van der Waals surface area contributed by atoms with Gasteiger partial charge in [-0.05, 0) is 18.6 Å². The van der Waals surface area contributed by atoms with Crippen LogP contribution >= 0.6 is 0 Å². The summed E-state index contributed by atoms with van der Waals surface area (Å²) in [6, 6.07) is 9.28. The van der Waals surface area contributed by atoms with E-state index >= 15 is 0 Å². The fourth-order valence-corrected chi connectivity index (χ4v) is 2.71. The number of morpholine rings is 1. The molecule has 0 radical (unpaired) electrons. The Hall–Kier alpha value is -2.71. The number of nitrogens with one attached hydrogen (secondary N) is 1. The molecule has 1 atom stereocenters. The van der Waals surface area contributed by atoms with Crippen LogP contribution in [0.5, 0.6) is 5.75 Å². The van der Waals surface area contributed by atoms with Gasteiger partial charge in [0, 0.05) is 19.2 Å². The summed E-state index contributed by atoms with van der Waals surface area (Å²) >= 11 is 0. The first-order valence-corrected chi connectivity index (χ1v) is 8.91. The van der Waals surface area contributed by atoms with Crippen LogP contribution < -0.4 is 15.0 Å². The van der Waals surface area contributed by atoms with E-state index in [2.05, 4.69) is 20.2 Å². The van der Waals surface area contributed by atoms with Crippen molar-refractivity contribution in [2.75, 3.05) is 37.8 Å². The van der Waals surface area contributed by atoms with Crippen LogP contribution in [0.25, 0.3) is 0 Å². The molecule has 144 valence electrons. The highest BCUT2D eigenvalue weighted by molar-refractivity contribution is 5.80. The maximum Gasteiger partial charge on any atom is 0.252 e. The van der Waals surface area contributed by atoms with Crippen molar-refractivity contribution in [3.63, 3.8) is 0 Å². The first-order chi connectivity index (χ1) is 13.1. The summed E-state index contributed by atoms with van der Waals surface area (Å²) in [6.07, 6.45) is 0.217. The minimum absolute atomic E-state index is 0.112. The van der Waals surface area contributed by atoms with Crippen LogP contribution in [0.2, 0.25) is 0 Å². The highest BCUT2D eigenvalue weighted by atomic mass is 16.5. The summed E-state index contributed by atoms with van der Waals surface area (Å²) in [5.41, 5.74) is 1.62. The van der Waals surface area contributed by atoms with Crippen molar-refractivity contribution in [1.82, 2.24) is 15.3 Å². The molecule has 8 nitrogen and oxygen atoms in total. The molecule has 2 aromatic rings. The molecule has 1 fully saturated rings. The Morgan fingerprint density at radius 2 is 2.11 bits per heavy atom. The Morgan fingerprint density at radius 3 is 2.89 bits per heavy atom. The number of amides is 1. The standard InChI is InChI=1S/C19H24N4O4/c1-14-4-2-3-5-17(14)27-12-16(24)19(25)20-11-15-10-18(22-13-21-15)23-6-8-26-9-7-23/h2-5,10,13,16,24H,6-9,11-12H2,1H3,(H,20,25). The van der Waals surface area contributed by atoms with Crippen molar-refractivity contribution in [2.24, 2.45) is 0 Å². The van der Waals surface area contributed by atoms with Crippen LogP contribution in [0.3, 0.4) is 0 Å². The van der Waals surface area contributed by atoms with E-state index in [1.54, 1.807) is 6.07 Å². The minimum Gasteiger partial charge on any atom is -0.490 e. The summed E-state index contributed by atoms with van der Waals surface area (Å²) in [6.45, 7) is 4.89. The van der Waals surface area contributed by atoms with Crippen LogP contribution in [0.15, 0.2) is 36.7 Å². The van der Waals surface area contributed by atoms with Crippen molar-refractivity contribution < 1.29 is 19.4 Å². The Balaban J connectivity index is 1.49. The lowest BCUT2D eigenvalue weighted by molar-refractivity contribution is -0.130. The lowest BCUT2D eigenvalue weighted by atomic mass is 10.2. The van der Waals surface area contributed by atoms with Crippen molar-refractivity contribution in [2.45, 2.75) is 19.6 Å². The number of aryl methyl sites for hydroxylation is 1. The van der Waals surface area contributed by atoms with Crippen molar-refractivity contribution >= 4 is 11.7 Å². The molecule has 0 spiro atoms. The zero-order chi connectivity index (χ0) is 19.1. The third-order valence-corrected chi connectivity index (χ3v) is 4.28. The van der Waals surface area contributed by atoms with Gasteiger partial charge in [-0.25, -0.2) is 9.97 Å². The van der Waals surface area contributed by atoms with E-state index in [1.165, 1.54) is 6.33 Å². The Bertz CT molecular complexity index is 765. The fraction of sp³-hybridized carbons (Fsp3) is 0.421. The number of anilines is 1. The highest BCUT2D eigenvalue weighted by Crippen LogP contribution is 2.16. The van der Waals surface area contributed by atoms with Gasteiger partial charge in [0.05, 0.1) is 25.5 Å². The number of carbonyl (C=O) groups excluding carboxylic acids is 1. The molecule has 2 N–H and O–H groups in total. The number of nitrogens with zero attached hydrogens (tertiary/aromatic N) is 3. The van der Waals surface area contributed by atoms with Gasteiger partial charge in [-0.1, -0.05) is 18.2 Å². The number of benzene rings is 1. The second-order valence-electron chi connectivity index (χ2n) is 6.28. The third-order valence-electron chi connectivity index (χ3n) is 4.28. The molecule has 1 unspecified atom stereocenters. The molecule has 1 aliphatic rings. The minimum atomic E-state index is -1.26. The van der Waals surface area contributed by atoms with E-state index in [9.17, 15) is 9.90 Å². The zero-order valence-corrected chi connectivity index (χ0v) is 15.3. The van der Waals surface area contributed by atoms with Gasteiger partial charge < -0.3 is 24.8 Å². The third kappa shape index (κ3) is 5.38. The van der Waals surface area contributed by atoms with Crippen LogP contribution in [-0.2, 0) is 16.1 Å². The highest BCUT2D eigenvalue weighted by Gasteiger charge is 2.17. The summed E-state index contributed by atoms with van der Waals surface area (Å²) < 4.78 is 10.9. The molecule has 1 aliphatic heterocycles.